The fraction of sp³-hybridized carbons (Fsp3) is 0.118. The van der Waals surface area contributed by atoms with Crippen LogP contribution in [-0.4, -0.2) is 27.7 Å². The Morgan fingerprint density at radius 1 is 1.09 bits per heavy atom. The highest BCUT2D eigenvalue weighted by molar-refractivity contribution is 6.06. The number of carboxylic acid groups (broad SMARTS) is 1. The van der Waals surface area contributed by atoms with Crippen molar-refractivity contribution in [3.05, 3.63) is 70.9 Å². The van der Waals surface area contributed by atoms with Crippen LogP contribution in [0.4, 0.5) is 0 Å². The first kappa shape index (κ1) is 16.2. The van der Waals surface area contributed by atoms with Gasteiger partial charge >= 0.3 is 5.97 Å². The van der Waals surface area contributed by atoms with Crippen molar-refractivity contribution in [2.45, 2.75) is 13.3 Å². The van der Waals surface area contributed by atoms with Gasteiger partial charge in [0.1, 0.15) is 0 Å². The van der Waals surface area contributed by atoms with Crippen molar-refractivity contribution in [2.24, 2.45) is 0 Å². The highest BCUT2D eigenvalue weighted by Crippen LogP contribution is 2.15. The quantitative estimate of drug-likeness (QED) is 0.482. The molecule has 0 aliphatic heterocycles. The van der Waals surface area contributed by atoms with E-state index >= 15 is 0 Å². The van der Waals surface area contributed by atoms with Crippen LogP contribution in [0.3, 0.4) is 0 Å². The van der Waals surface area contributed by atoms with Crippen LogP contribution < -0.4 is 0 Å². The molecule has 6 nitrogen and oxygen atoms in total. The fourth-order valence-electron chi connectivity index (χ4n) is 1.95. The van der Waals surface area contributed by atoms with Gasteiger partial charge in [-0.2, -0.15) is 0 Å². The third-order valence-corrected chi connectivity index (χ3v) is 3.15. The number of hydrogen-bond donors (Lipinski definition) is 2. The first-order valence-electron chi connectivity index (χ1n) is 6.72. The Kier molecular flexibility index (Phi) is 4.75. The SMILES string of the molecule is CC(=O)c1ccc(Cc2coc(C(=O)C=C(O)C(=O)O)c2)cc1. The second kappa shape index (κ2) is 6.74. The van der Waals surface area contributed by atoms with Crippen LogP contribution in [0.2, 0.25) is 0 Å². The van der Waals surface area contributed by atoms with Crippen molar-refractivity contribution < 1.29 is 29.0 Å². The number of aliphatic hydroxyl groups excluding tert-OH is 1. The number of carbonyl (C=O) groups excluding carboxylic acids is 2. The Labute approximate surface area is 131 Å². The van der Waals surface area contributed by atoms with Gasteiger partial charge in [-0.15, -0.1) is 0 Å². The number of aliphatic hydroxyl groups is 1. The molecule has 0 spiro atoms. The average Bonchev–Trinajstić information content (AvgIpc) is 2.96. The lowest BCUT2D eigenvalue weighted by atomic mass is 10.0. The molecule has 2 rings (SSSR count). The molecule has 0 radical (unpaired) electrons. The Bertz CT molecular complexity index is 780. The zero-order valence-electron chi connectivity index (χ0n) is 12.3. The van der Waals surface area contributed by atoms with Crippen LogP contribution in [0.15, 0.2) is 52.8 Å². The van der Waals surface area contributed by atoms with Gasteiger partial charge < -0.3 is 14.6 Å². The van der Waals surface area contributed by atoms with Crippen LogP contribution in [-0.2, 0) is 11.2 Å². The van der Waals surface area contributed by atoms with Crippen molar-refractivity contribution in [3.63, 3.8) is 0 Å². The summed E-state index contributed by atoms with van der Waals surface area (Å²) in [7, 11) is 0. The molecule has 0 fully saturated rings. The standard InChI is InChI=1S/C17H14O6/c1-10(18)13-4-2-11(3-5-13)6-12-7-16(23-9-12)14(19)8-15(20)17(21)22/h2-5,7-9,20H,6H2,1H3,(H,21,22). The van der Waals surface area contributed by atoms with Gasteiger partial charge in [-0.3, -0.25) is 9.59 Å². The molecule has 0 aliphatic rings. The molecule has 0 atom stereocenters. The van der Waals surface area contributed by atoms with Crippen molar-refractivity contribution in [1.29, 1.82) is 0 Å². The average molecular weight is 314 g/mol. The first-order valence-corrected chi connectivity index (χ1v) is 6.72. The number of Topliss-reactive ketones (excluding diaryl/α,β-unsaturated/α-hetero) is 1. The molecule has 2 N–H and O–H groups in total. The molecule has 6 heteroatoms. The molecule has 2 aromatic rings. The Morgan fingerprint density at radius 2 is 1.74 bits per heavy atom. The van der Waals surface area contributed by atoms with Gasteiger partial charge in [0.2, 0.25) is 11.5 Å². The highest BCUT2D eigenvalue weighted by Gasteiger charge is 2.13. The Hall–Kier alpha value is -3.15. The van der Waals surface area contributed by atoms with E-state index in [1.165, 1.54) is 19.3 Å². The van der Waals surface area contributed by atoms with Gasteiger partial charge in [0, 0.05) is 18.1 Å². The normalized spacial score (nSPS) is 11.3. The minimum absolute atomic E-state index is 0.0160. The van der Waals surface area contributed by atoms with E-state index in [0.717, 1.165) is 5.56 Å². The molecule has 1 aromatic carbocycles. The number of rotatable bonds is 6. The van der Waals surface area contributed by atoms with Crippen LogP contribution in [0.5, 0.6) is 0 Å². The number of hydrogen-bond acceptors (Lipinski definition) is 5. The molecule has 118 valence electrons. The smallest absolute Gasteiger partial charge is 0.371 e. The van der Waals surface area contributed by atoms with Crippen LogP contribution in [0.25, 0.3) is 0 Å². The third-order valence-electron chi connectivity index (χ3n) is 3.15. The van der Waals surface area contributed by atoms with Crippen molar-refractivity contribution in [3.8, 4) is 0 Å². The topological polar surface area (TPSA) is 105 Å². The van der Waals surface area contributed by atoms with Gasteiger partial charge in [-0.05, 0) is 24.1 Å². The molecule has 0 saturated heterocycles. The Morgan fingerprint density at radius 3 is 2.30 bits per heavy atom. The number of carboxylic acids is 1. The molecule has 0 unspecified atom stereocenters. The zero-order chi connectivity index (χ0) is 17.0. The van der Waals surface area contributed by atoms with Crippen LogP contribution in [0.1, 0.15) is 39.0 Å². The molecular weight excluding hydrogens is 300 g/mol. The van der Waals surface area contributed by atoms with Crippen molar-refractivity contribution in [1.82, 2.24) is 0 Å². The number of furan rings is 1. The monoisotopic (exact) mass is 314 g/mol. The minimum atomic E-state index is -1.59. The van der Waals surface area contributed by atoms with E-state index in [9.17, 15) is 14.4 Å². The van der Waals surface area contributed by atoms with Gasteiger partial charge in [0.15, 0.2) is 11.5 Å². The molecule has 1 heterocycles. The summed E-state index contributed by atoms with van der Waals surface area (Å²) < 4.78 is 5.09. The van der Waals surface area contributed by atoms with E-state index in [2.05, 4.69) is 0 Å². The molecule has 1 aromatic heterocycles. The van der Waals surface area contributed by atoms with E-state index in [1.807, 2.05) is 0 Å². The lowest BCUT2D eigenvalue weighted by Crippen LogP contribution is -2.03. The van der Waals surface area contributed by atoms with E-state index in [4.69, 9.17) is 14.6 Å². The first-order chi connectivity index (χ1) is 10.9. The van der Waals surface area contributed by atoms with Crippen LogP contribution in [0, 0.1) is 0 Å². The van der Waals surface area contributed by atoms with Crippen molar-refractivity contribution in [2.75, 3.05) is 0 Å². The summed E-state index contributed by atoms with van der Waals surface area (Å²) >= 11 is 0. The number of ketones is 2. The second-order valence-electron chi connectivity index (χ2n) is 4.95. The third kappa shape index (κ3) is 4.16. The summed E-state index contributed by atoms with van der Waals surface area (Å²) in [6.45, 7) is 1.49. The molecular formula is C17H14O6. The number of carbonyl (C=O) groups is 3. The van der Waals surface area contributed by atoms with E-state index in [0.29, 0.717) is 23.6 Å². The van der Waals surface area contributed by atoms with E-state index in [1.54, 1.807) is 24.3 Å². The van der Waals surface area contributed by atoms with Gasteiger partial charge in [-0.25, -0.2) is 4.79 Å². The minimum Gasteiger partial charge on any atom is -0.502 e. The molecule has 0 amide bonds. The summed E-state index contributed by atoms with van der Waals surface area (Å²) in [4.78, 5) is 33.4. The molecule has 23 heavy (non-hydrogen) atoms. The van der Waals surface area contributed by atoms with Gasteiger partial charge in [0.05, 0.1) is 6.26 Å². The maximum absolute atomic E-state index is 11.7. The van der Waals surface area contributed by atoms with E-state index < -0.39 is 17.5 Å². The molecule has 0 bridgehead atoms. The second-order valence-corrected chi connectivity index (χ2v) is 4.95. The van der Waals surface area contributed by atoms with E-state index in [-0.39, 0.29) is 11.5 Å². The summed E-state index contributed by atoms with van der Waals surface area (Å²) in [6, 6.07) is 8.53. The Balaban J connectivity index is 2.10. The highest BCUT2D eigenvalue weighted by atomic mass is 16.4. The predicted octanol–water partition coefficient (Wildman–Crippen LogP) is 2.78. The summed E-state index contributed by atoms with van der Waals surface area (Å²) in [5, 5.41) is 17.6. The molecule has 0 aliphatic carbocycles. The van der Waals surface area contributed by atoms with Gasteiger partial charge in [0.25, 0.3) is 0 Å². The maximum Gasteiger partial charge on any atom is 0.371 e. The maximum atomic E-state index is 11.7. The van der Waals surface area contributed by atoms with Crippen LogP contribution >= 0.6 is 0 Å². The lowest BCUT2D eigenvalue weighted by Gasteiger charge is -2.00. The predicted molar refractivity (Wildman–Crippen MR) is 80.6 cm³/mol. The summed E-state index contributed by atoms with van der Waals surface area (Å²) in [5.74, 6) is -3.45. The van der Waals surface area contributed by atoms with Gasteiger partial charge in [-0.1, -0.05) is 24.3 Å². The zero-order valence-corrected chi connectivity index (χ0v) is 12.3. The fourth-order valence-corrected chi connectivity index (χ4v) is 1.95. The van der Waals surface area contributed by atoms with Crippen molar-refractivity contribution >= 4 is 17.5 Å². The number of aliphatic carboxylic acids is 1. The number of allylic oxidation sites excluding steroid dienone is 1. The summed E-state index contributed by atoms with van der Waals surface area (Å²) in [5.41, 5.74) is 2.26. The number of benzene rings is 1. The lowest BCUT2D eigenvalue weighted by molar-refractivity contribution is -0.135. The summed E-state index contributed by atoms with van der Waals surface area (Å²) in [6.07, 6.45) is 2.47. The molecule has 0 saturated carbocycles. The largest absolute Gasteiger partial charge is 0.502 e.